The van der Waals surface area contributed by atoms with Gasteiger partial charge in [0.05, 0.1) is 27.7 Å². The first-order valence-corrected chi connectivity index (χ1v) is 10.7. The molecular weight excluding hydrogens is 411 g/mol. The van der Waals surface area contributed by atoms with Crippen molar-refractivity contribution >= 4 is 39.0 Å². The topological polar surface area (TPSA) is 80.7 Å². The van der Waals surface area contributed by atoms with E-state index in [0.717, 1.165) is 0 Å². The molecule has 5 nitrogen and oxygen atoms in total. The molecule has 0 spiro atoms. The molecule has 0 aromatic heterocycles. The predicted octanol–water partition coefficient (Wildman–Crippen LogP) is 4.33. The number of sulfone groups is 1. The molecule has 0 saturated heterocycles. The minimum absolute atomic E-state index is 0.0392. The van der Waals surface area contributed by atoms with Gasteiger partial charge in [0.25, 0.3) is 0 Å². The van der Waals surface area contributed by atoms with E-state index in [4.69, 9.17) is 27.9 Å². The van der Waals surface area contributed by atoms with Crippen LogP contribution < -0.4 is 4.74 Å². The lowest BCUT2D eigenvalue weighted by Crippen LogP contribution is -2.23. The number of ether oxygens (including phenoxy) is 1. The third-order valence-corrected chi connectivity index (χ3v) is 7.75. The summed E-state index contributed by atoms with van der Waals surface area (Å²) in [5, 5.41) is 9.43. The van der Waals surface area contributed by atoms with E-state index in [1.54, 1.807) is 36.4 Å². The monoisotopic (exact) mass is 428 g/mol. The first-order valence-electron chi connectivity index (χ1n) is 8.38. The lowest BCUT2D eigenvalue weighted by molar-refractivity contribution is -0.143. The Hall–Kier alpha value is -1.76. The third kappa shape index (κ3) is 4.39. The summed E-state index contributed by atoms with van der Waals surface area (Å²) in [4.78, 5) is 11.7. The zero-order valence-electron chi connectivity index (χ0n) is 14.2. The highest BCUT2D eigenvalue weighted by molar-refractivity contribution is 7.92. The Morgan fingerprint density at radius 1 is 1.07 bits per heavy atom. The van der Waals surface area contributed by atoms with Crippen LogP contribution in [-0.4, -0.2) is 31.4 Å². The molecule has 0 amide bonds. The van der Waals surface area contributed by atoms with Gasteiger partial charge in [-0.1, -0.05) is 35.3 Å². The molecule has 2 aromatic carbocycles. The summed E-state index contributed by atoms with van der Waals surface area (Å²) >= 11 is 11.9. The number of aliphatic carboxylic acids is 1. The summed E-state index contributed by atoms with van der Waals surface area (Å²) in [6.45, 7) is 0.118. The van der Waals surface area contributed by atoms with Gasteiger partial charge in [-0.3, -0.25) is 4.79 Å². The van der Waals surface area contributed by atoms with Gasteiger partial charge in [-0.25, -0.2) is 8.42 Å². The molecule has 1 N–H and O–H groups in total. The fraction of sp³-hybridized carbons (Fsp3) is 0.316. The maximum atomic E-state index is 12.9. The van der Waals surface area contributed by atoms with Crippen molar-refractivity contribution in [2.75, 3.05) is 6.61 Å². The van der Waals surface area contributed by atoms with Gasteiger partial charge in [-0.15, -0.1) is 0 Å². The molecule has 0 heterocycles. The van der Waals surface area contributed by atoms with Gasteiger partial charge in [0, 0.05) is 10.9 Å². The fourth-order valence-corrected chi connectivity index (χ4v) is 5.92. The Morgan fingerprint density at radius 3 is 2.37 bits per heavy atom. The highest BCUT2D eigenvalue weighted by Crippen LogP contribution is 2.40. The first-order chi connectivity index (χ1) is 12.8. The van der Waals surface area contributed by atoms with Gasteiger partial charge < -0.3 is 9.84 Å². The van der Waals surface area contributed by atoms with E-state index >= 15 is 0 Å². The Morgan fingerprint density at radius 2 is 1.74 bits per heavy atom. The second kappa shape index (κ2) is 8.09. The number of carboxylic acids is 1. The first kappa shape index (κ1) is 20.0. The second-order valence-electron chi connectivity index (χ2n) is 6.54. The average molecular weight is 429 g/mol. The average Bonchev–Trinajstić information content (AvgIpc) is 3.07. The summed E-state index contributed by atoms with van der Waals surface area (Å²) in [7, 11) is -3.73. The van der Waals surface area contributed by atoms with E-state index in [2.05, 4.69) is 0 Å². The molecule has 3 unspecified atom stereocenters. The number of rotatable bonds is 6. The molecule has 3 rings (SSSR count). The van der Waals surface area contributed by atoms with Gasteiger partial charge in [-0.2, -0.15) is 0 Å². The van der Waals surface area contributed by atoms with Crippen LogP contribution >= 0.6 is 23.2 Å². The molecule has 27 heavy (non-hydrogen) atoms. The van der Waals surface area contributed by atoms with Crippen LogP contribution in [0.3, 0.4) is 0 Å². The summed E-state index contributed by atoms with van der Waals surface area (Å²) in [5.41, 5.74) is 0. The van der Waals surface area contributed by atoms with Crippen molar-refractivity contribution < 1.29 is 23.1 Å². The van der Waals surface area contributed by atoms with Crippen LogP contribution in [0.2, 0.25) is 10.0 Å². The number of carboxylic acid groups (broad SMARTS) is 1. The summed E-state index contributed by atoms with van der Waals surface area (Å²) in [5.74, 6) is -1.67. The molecule has 8 heteroatoms. The van der Waals surface area contributed by atoms with Gasteiger partial charge in [0.15, 0.2) is 9.84 Å². The van der Waals surface area contributed by atoms with E-state index < -0.39 is 32.9 Å². The normalized spacial score (nSPS) is 22.5. The van der Waals surface area contributed by atoms with Crippen molar-refractivity contribution in [2.45, 2.75) is 23.0 Å². The predicted molar refractivity (Wildman–Crippen MR) is 103 cm³/mol. The van der Waals surface area contributed by atoms with Crippen molar-refractivity contribution in [3.05, 3.63) is 58.6 Å². The number of hydrogen-bond acceptors (Lipinski definition) is 4. The minimum atomic E-state index is -3.73. The van der Waals surface area contributed by atoms with E-state index in [-0.39, 0.29) is 29.4 Å². The lowest BCUT2D eigenvalue weighted by atomic mass is 9.97. The summed E-state index contributed by atoms with van der Waals surface area (Å²) in [6.07, 6.45) is 0.246. The zero-order valence-corrected chi connectivity index (χ0v) is 16.5. The van der Waals surface area contributed by atoms with Crippen molar-refractivity contribution in [1.82, 2.24) is 0 Å². The van der Waals surface area contributed by atoms with Crippen LogP contribution in [0, 0.1) is 11.8 Å². The van der Waals surface area contributed by atoms with Crippen LogP contribution in [-0.2, 0) is 14.6 Å². The molecule has 0 radical (unpaired) electrons. The van der Waals surface area contributed by atoms with Crippen LogP contribution in [0.5, 0.6) is 5.75 Å². The maximum absolute atomic E-state index is 12.9. The number of carbonyl (C=O) groups is 1. The highest BCUT2D eigenvalue weighted by atomic mass is 35.5. The molecule has 1 fully saturated rings. The zero-order chi connectivity index (χ0) is 19.6. The van der Waals surface area contributed by atoms with Crippen molar-refractivity contribution in [3.63, 3.8) is 0 Å². The Labute approximate surface area is 167 Å². The smallest absolute Gasteiger partial charge is 0.306 e. The quantitative estimate of drug-likeness (QED) is 0.740. The highest BCUT2D eigenvalue weighted by Gasteiger charge is 2.45. The molecule has 0 bridgehead atoms. The largest absolute Gasteiger partial charge is 0.493 e. The van der Waals surface area contributed by atoms with Crippen molar-refractivity contribution in [1.29, 1.82) is 0 Å². The molecule has 3 atom stereocenters. The van der Waals surface area contributed by atoms with Crippen molar-refractivity contribution in [2.24, 2.45) is 11.8 Å². The molecule has 1 aliphatic carbocycles. The lowest BCUT2D eigenvalue weighted by Gasteiger charge is -2.16. The van der Waals surface area contributed by atoms with Gasteiger partial charge in [-0.05, 0) is 49.2 Å². The van der Waals surface area contributed by atoms with E-state index in [0.29, 0.717) is 10.8 Å². The standard InChI is InChI=1S/C19H18Cl2O5S/c20-13-5-7-14(8-6-13)26-11-12-9-15(10-16(12)19(22)23)27(24,25)18-4-2-1-3-17(18)21/h1-8,12,15-16H,9-11H2,(H,22,23). The molecule has 1 saturated carbocycles. The number of benzene rings is 2. The molecule has 0 aliphatic heterocycles. The van der Waals surface area contributed by atoms with E-state index in [9.17, 15) is 18.3 Å². The Kier molecular flexibility index (Phi) is 5.99. The minimum Gasteiger partial charge on any atom is -0.493 e. The van der Waals surface area contributed by atoms with E-state index in [1.165, 1.54) is 12.1 Å². The molecule has 2 aromatic rings. The van der Waals surface area contributed by atoms with Crippen LogP contribution in [0.4, 0.5) is 0 Å². The Balaban J connectivity index is 1.77. The molecular formula is C19H18Cl2O5S. The van der Waals surface area contributed by atoms with Gasteiger partial charge in [0.2, 0.25) is 0 Å². The number of halogens is 2. The van der Waals surface area contributed by atoms with Crippen LogP contribution in [0.15, 0.2) is 53.4 Å². The summed E-state index contributed by atoms with van der Waals surface area (Å²) in [6, 6.07) is 12.9. The molecule has 1 aliphatic rings. The molecule has 144 valence electrons. The SMILES string of the molecule is O=C(O)C1CC(S(=O)(=O)c2ccccc2Cl)CC1COc1ccc(Cl)cc1. The van der Waals surface area contributed by atoms with Crippen LogP contribution in [0.1, 0.15) is 12.8 Å². The Bertz CT molecular complexity index is 927. The van der Waals surface area contributed by atoms with Crippen LogP contribution in [0.25, 0.3) is 0 Å². The van der Waals surface area contributed by atoms with Gasteiger partial charge >= 0.3 is 5.97 Å². The second-order valence-corrected chi connectivity index (χ2v) is 9.58. The number of hydrogen-bond donors (Lipinski definition) is 1. The third-order valence-electron chi connectivity index (χ3n) is 4.83. The van der Waals surface area contributed by atoms with Gasteiger partial charge in [0.1, 0.15) is 5.75 Å². The fourth-order valence-electron chi connectivity index (χ4n) is 3.40. The summed E-state index contributed by atoms with van der Waals surface area (Å²) < 4.78 is 31.6. The van der Waals surface area contributed by atoms with E-state index in [1.807, 2.05) is 0 Å². The maximum Gasteiger partial charge on any atom is 0.306 e. The van der Waals surface area contributed by atoms with Crippen molar-refractivity contribution in [3.8, 4) is 5.75 Å².